The molecule has 0 spiro atoms. The molecule has 4 aromatic carbocycles. The van der Waals surface area contributed by atoms with Crippen LogP contribution >= 0.6 is 0 Å². The van der Waals surface area contributed by atoms with Crippen LogP contribution < -0.4 is 19.1 Å². The molecule has 42 heavy (non-hydrogen) atoms. The van der Waals surface area contributed by atoms with Crippen LogP contribution in [0.1, 0.15) is 42.1 Å². The molecule has 1 N–H and O–H groups in total. The Kier molecular flexibility index (Phi) is 8.29. The van der Waals surface area contributed by atoms with Gasteiger partial charge in [0, 0.05) is 16.8 Å². The summed E-state index contributed by atoms with van der Waals surface area (Å²) in [5.74, 6) is -0.0207. The predicted molar refractivity (Wildman–Crippen MR) is 162 cm³/mol. The van der Waals surface area contributed by atoms with Gasteiger partial charge in [-0.25, -0.2) is 0 Å². The Hall–Kier alpha value is -5.04. The maximum absolute atomic E-state index is 13.6. The minimum atomic E-state index is -0.924. The second-order valence-corrected chi connectivity index (χ2v) is 10.3. The number of ether oxygens (including phenoxy) is 3. The molecule has 0 saturated carbocycles. The number of methoxy groups -OCH3 is 1. The summed E-state index contributed by atoms with van der Waals surface area (Å²) in [7, 11) is 1.53. The average molecular weight is 564 g/mol. The summed E-state index contributed by atoms with van der Waals surface area (Å²) in [5, 5.41) is 11.6. The quantitative estimate of drug-likeness (QED) is 0.134. The van der Waals surface area contributed by atoms with Crippen molar-refractivity contribution in [2.24, 2.45) is 0 Å². The number of benzene rings is 4. The van der Waals surface area contributed by atoms with Crippen molar-refractivity contribution in [2.75, 3.05) is 12.0 Å². The van der Waals surface area contributed by atoms with E-state index in [9.17, 15) is 14.7 Å². The van der Waals surface area contributed by atoms with E-state index >= 15 is 0 Å². The van der Waals surface area contributed by atoms with Crippen molar-refractivity contribution in [1.82, 2.24) is 0 Å². The van der Waals surface area contributed by atoms with Gasteiger partial charge in [-0.3, -0.25) is 14.5 Å². The van der Waals surface area contributed by atoms with Crippen molar-refractivity contribution in [2.45, 2.75) is 39.5 Å². The second kappa shape index (κ2) is 12.2. The van der Waals surface area contributed by atoms with Crippen LogP contribution in [0.3, 0.4) is 0 Å². The number of Topliss-reactive ketones (excluding diaryl/α,β-unsaturated/α-hetero) is 1. The third kappa shape index (κ3) is 5.72. The SMILES string of the molecule is COc1ccccc1C1/C(=C(\O)c2ccc(OCc3ccccc3)c(C)c2)C(=O)C(=O)N1c1ccc(OC(C)C)cc1. The molecule has 4 aromatic rings. The first-order valence-electron chi connectivity index (χ1n) is 13.8. The lowest BCUT2D eigenvalue weighted by Crippen LogP contribution is -2.29. The van der Waals surface area contributed by atoms with Crippen molar-refractivity contribution >= 4 is 23.1 Å². The first kappa shape index (κ1) is 28.5. The average Bonchev–Trinajstić information content (AvgIpc) is 3.26. The van der Waals surface area contributed by atoms with E-state index in [2.05, 4.69) is 0 Å². The molecule has 0 aliphatic carbocycles. The molecule has 0 aromatic heterocycles. The molecule has 1 heterocycles. The van der Waals surface area contributed by atoms with Crippen LogP contribution in [0.2, 0.25) is 0 Å². The molecule has 7 nitrogen and oxygen atoms in total. The highest BCUT2D eigenvalue weighted by Crippen LogP contribution is 2.45. The zero-order chi connectivity index (χ0) is 29.8. The summed E-state index contributed by atoms with van der Waals surface area (Å²) in [5.41, 5.74) is 3.25. The van der Waals surface area contributed by atoms with E-state index in [-0.39, 0.29) is 17.4 Å². The summed E-state index contributed by atoms with van der Waals surface area (Å²) in [6.45, 7) is 6.12. The molecule has 1 unspecified atom stereocenters. The number of nitrogens with zero attached hydrogens (tertiary/aromatic N) is 1. The molecule has 7 heteroatoms. The maximum Gasteiger partial charge on any atom is 0.300 e. The number of aryl methyl sites for hydroxylation is 1. The highest BCUT2D eigenvalue weighted by atomic mass is 16.5. The maximum atomic E-state index is 13.6. The lowest BCUT2D eigenvalue weighted by Gasteiger charge is -2.27. The third-order valence-corrected chi connectivity index (χ3v) is 7.05. The normalized spacial score (nSPS) is 16.1. The fourth-order valence-corrected chi connectivity index (χ4v) is 5.09. The summed E-state index contributed by atoms with van der Waals surface area (Å²) >= 11 is 0. The van der Waals surface area contributed by atoms with Gasteiger partial charge in [-0.1, -0.05) is 48.5 Å². The molecule has 1 atom stereocenters. The van der Waals surface area contributed by atoms with Crippen LogP contribution in [0.4, 0.5) is 5.69 Å². The van der Waals surface area contributed by atoms with E-state index < -0.39 is 17.7 Å². The minimum absolute atomic E-state index is 0.0164. The monoisotopic (exact) mass is 563 g/mol. The standard InChI is InChI=1S/C35H33NO6/c1-22(2)42-27-17-15-26(16-18-27)36-32(28-12-8-9-13-30(28)40-4)31(34(38)35(36)39)33(37)25-14-19-29(23(3)20-25)41-21-24-10-6-5-7-11-24/h5-20,22,32,37H,21H2,1-4H3/b33-31+. The predicted octanol–water partition coefficient (Wildman–Crippen LogP) is 7.00. The van der Waals surface area contributed by atoms with Crippen molar-refractivity contribution in [3.8, 4) is 17.2 Å². The molecule has 5 rings (SSSR count). The van der Waals surface area contributed by atoms with Gasteiger partial charge in [0.15, 0.2) is 0 Å². The van der Waals surface area contributed by atoms with Gasteiger partial charge in [0.2, 0.25) is 0 Å². The van der Waals surface area contributed by atoms with Crippen molar-refractivity contribution < 1.29 is 28.9 Å². The van der Waals surface area contributed by atoms with Crippen LogP contribution in [0.5, 0.6) is 17.2 Å². The molecule has 1 fully saturated rings. The zero-order valence-electron chi connectivity index (χ0n) is 24.0. The topological polar surface area (TPSA) is 85.3 Å². The van der Waals surface area contributed by atoms with Crippen molar-refractivity contribution in [3.63, 3.8) is 0 Å². The van der Waals surface area contributed by atoms with Gasteiger partial charge in [0.1, 0.15) is 29.6 Å². The number of aliphatic hydroxyl groups is 1. The largest absolute Gasteiger partial charge is 0.507 e. The molecule has 1 saturated heterocycles. The number of aliphatic hydroxyl groups excluding tert-OH is 1. The number of carbonyl (C=O) groups is 2. The van der Waals surface area contributed by atoms with E-state index in [1.54, 1.807) is 60.7 Å². The Bertz CT molecular complexity index is 1630. The first-order chi connectivity index (χ1) is 20.3. The number of hydrogen-bond donors (Lipinski definition) is 1. The second-order valence-electron chi connectivity index (χ2n) is 10.3. The van der Waals surface area contributed by atoms with E-state index in [1.165, 1.54) is 12.0 Å². The van der Waals surface area contributed by atoms with Gasteiger partial charge in [0.05, 0.1) is 24.8 Å². The van der Waals surface area contributed by atoms with E-state index in [1.807, 2.05) is 57.2 Å². The van der Waals surface area contributed by atoms with E-state index in [0.29, 0.717) is 40.7 Å². The fraction of sp³-hybridized carbons (Fsp3) is 0.200. The summed E-state index contributed by atoms with van der Waals surface area (Å²) in [6, 6.07) is 28.2. The van der Waals surface area contributed by atoms with Crippen LogP contribution in [-0.4, -0.2) is 30.0 Å². The third-order valence-electron chi connectivity index (χ3n) is 7.05. The molecule has 0 bridgehead atoms. The van der Waals surface area contributed by atoms with Crippen LogP contribution in [0.15, 0.2) is 103 Å². The van der Waals surface area contributed by atoms with Crippen LogP contribution in [0.25, 0.3) is 5.76 Å². The van der Waals surface area contributed by atoms with Gasteiger partial charge in [0.25, 0.3) is 11.7 Å². The number of amides is 1. The van der Waals surface area contributed by atoms with Gasteiger partial charge in [-0.15, -0.1) is 0 Å². The number of anilines is 1. The summed E-state index contributed by atoms with van der Waals surface area (Å²) in [4.78, 5) is 28.6. The van der Waals surface area contributed by atoms with Gasteiger partial charge >= 0.3 is 0 Å². The van der Waals surface area contributed by atoms with Gasteiger partial charge in [-0.2, -0.15) is 0 Å². The number of hydrogen-bond acceptors (Lipinski definition) is 6. The zero-order valence-corrected chi connectivity index (χ0v) is 24.0. The molecule has 0 radical (unpaired) electrons. The van der Waals surface area contributed by atoms with E-state index in [4.69, 9.17) is 14.2 Å². The smallest absolute Gasteiger partial charge is 0.300 e. The first-order valence-corrected chi connectivity index (χ1v) is 13.8. The lowest BCUT2D eigenvalue weighted by atomic mass is 9.94. The summed E-state index contributed by atoms with van der Waals surface area (Å²) in [6.07, 6.45) is -0.0164. The number of ketones is 1. The Morgan fingerprint density at radius 3 is 2.24 bits per heavy atom. The molecule has 1 aliphatic heterocycles. The number of carbonyl (C=O) groups excluding carboxylic acids is 2. The Morgan fingerprint density at radius 1 is 0.881 bits per heavy atom. The van der Waals surface area contributed by atoms with Crippen molar-refractivity contribution in [3.05, 3.63) is 125 Å². The minimum Gasteiger partial charge on any atom is -0.507 e. The van der Waals surface area contributed by atoms with Crippen LogP contribution in [0, 0.1) is 6.92 Å². The molecule has 1 aliphatic rings. The van der Waals surface area contributed by atoms with Gasteiger partial charge in [-0.05, 0) is 80.4 Å². The van der Waals surface area contributed by atoms with E-state index in [0.717, 1.165) is 11.1 Å². The Balaban J connectivity index is 1.56. The number of para-hydroxylation sites is 1. The summed E-state index contributed by atoms with van der Waals surface area (Å²) < 4.78 is 17.4. The Labute approximate surface area is 245 Å². The Morgan fingerprint density at radius 2 is 1.57 bits per heavy atom. The molecular weight excluding hydrogens is 530 g/mol. The molecule has 214 valence electrons. The fourth-order valence-electron chi connectivity index (χ4n) is 5.09. The molecule has 1 amide bonds. The molecular formula is C35H33NO6. The highest BCUT2D eigenvalue weighted by Gasteiger charge is 2.48. The highest BCUT2D eigenvalue weighted by molar-refractivity contribution is 6.51. The lowest BCUT2D eigenvalue weighted by molar-refractivity contribution is -0.132. The van der Waals surface area contributed by atoms with Crippen LogP contribution in [-0.2, 0) is 16.2 Å². The van der Waals surface area contributed by atoms with Gasteiger partial charge < -0.3 is 19.3 Å². The van der Waals surface area contributed by atoms with Crippen molar-refractivity contribution in [1.29, 1.82) is 0 Å². The number of rotatable bonds is 9.